The summed E-state index contributed by atoms with van der Waals surface area (Å²) in [4.78, 5) is 42.6. The topological polar surface area (TPSA) is 88.6 Å². The highest BCUT2D eigenvalue weighted by Crippen LogP contribution is 2.41. The molecule has 1 aliphatic carbocycles. The maximum Gasteiger partial charge on any atom is 0.325 e. The summed E-state index contributed by atoms with van der Waals surface area (Å²) in [6, 6.07) is 11.1. The number of ketones is 1. The summed E-state index contributed by atoms with van der Waals surface area (Å²) in [5, 5.41) is 2.53. The highest BCUT2D eigenvalue weighted by Gasteiger charge is 2.55. The van der Waals surface area contributed by atoms with E-state index in [-0.39, 0.29) is 19.4 Å². The van der Waals surface area contributed by atoms with Crippen LogP contribution in [0.1, 0.15) is 41.7 Å². The van der Waals surface area contributed by atoms with Gasteiger partial charge in [0.25, 0.3) is 5.91 Å². The summed E-state index contributed by atoms with van der Waals surface area (Å²) >= 11 is 0. The van der Waals surface area contributed by atoms with Gasteiger partial charge in [-0.05, 0) is 49.2 Å². The highest BCUT2D eigenvalue weighted by molar-refractivity contribution is 6.11. The van der Waals surface area contributed by atoms with Crippen molar-refractivity contribution in [1.82, 2.24) is 15.2 Å². The van der Waals surface area contributed by atoms with Crippen LogP contribution in [0.4, 0.5) is 13.6 Å². The SMILES string of the molecule is O=C(CN1C(=O)NC2(CCC(F)(F)CC2)C1=O)c1ccc(OCc2ccccn2)cc1. The zero-order valence-electron chi connectivity index (χ0n) is 16.6. The van der Waals surface area contributed by atoms with Crippen molar-refractivity contribution in [3.8, 4) is 5.75 Å². The third-order valence-electron chi connectivity index (χ3n) is 5.67. The first-order valence-electron chi connectivity index (χ1n) is 9.96. The van der Waals surface area contributed by atoms with Gasteiger partial charge in [-0.25, -0.2) is 13.6 Å². The average molecular weight is 429 g/mol. The third-order valence-corrected chi connectivity index (χ3v) is 5.67. The summed E-state index contributed by atoms with van der Waals surface area (Å²) in [6.07, 6.45) is 0.440. The van der Waals surface area contributed by atoms with Crippen molar-refractivity contribution >= 4 is 17.7 Å². The average Bonchev–Trinajstić information content (AvgIpc) is 3.00. The fraction of sp³-hybridized carbons (Fsp3) is 0.364. The number of amides is 3. The van der Waals surface area contributed by atoms with E-state index in [1.807, 2.05) is 12.1 Å². The van der Waals surface area contributed by atoms with Gasteiger partial charge in [-0.1, -0.05) is 6.07 Å². The van der Waals surface area contributed by atoms with Gasteiger partial charge in [0, 0.05) is 24.6 Å². The molecule has 4 rings (SSSR count). The Morgan fingerprint density at radius 1 is 1.06 bits per heavy atom. The first kappa shape index (κ1) is 20.9. The van der Waals surface area contributed by atoms with Gasteiger partial charge in [-0.2, -0.15) is 0 Å². The molecule has 2 aromatic rings. The Balaban J connectivity index is 1.37. The lowest BCUT2D eigenvalue weighted by Gasteiger charge is -2.34. The minimum Gasteiger partial charge on any atom is -0.487 e. The fourth-order valence-corrected chi connectivity index (χ4v) is 3.81. The number of aromatic nitrogens is 1. The van der Waals surface area contributed by atoms with E-state index in [4.69, 9.17) is 4.74 Å². The molecule has 3 amide bonds. The number of benzene rings is 1. The second kappa shape index (κ2) is 8.05. The molecular formula is C22H21F2N3O4. The van der Waals surface area contributed by atoms with Crippen molar-refractivity contribution in [3.05, 3.63) is 59.9 Å². The third kappa shape index (κ3) is 4.40. The Hall–Kier alpha value is -3.36. The number of hydrogen-bond donors (Lipinski definition) is 1. The molecule has 1 aliphatic heterocycles. The molecule has 7 nitrogen and oxygen atoms in total. The molecule has 2 aliphatic rings. The molecule has 1 saturated carbocycles. The number of Topliss-reactive ketones (excluding diaryl/α,β-unsaturated/α-hetero) is 1. The van der Waals surface area contributed by atoms with Gasteiger partial charge >= 0.3 is 6.03 Å². The first-order chi connectivity index (χ1) is 14.8. The second-order valence-electron chi connectivity index (χ2n) is 7.82. The van der Waals surface area contributed by atoms with Crippen molar-refractivity contribution in [2.24, 2.45) is 0 Å². The van der Waals surface area contributed by atoms with E-state index < -0.39 is 48.6 Å². The largest absolute Gasteiger partial charge is 0.487 e. The maximum absolute atomic E-state index is 13.5. The summed E-state index contributed by atoms with van der Waals surface area (Å²) in [5.41, 5.74) is -0.264. The van der Waals surface area contributed by atoms with Crippen molar-refractivity contribution in [3.63, 3.8) is 0 Å². The highest BCUT2D eigenvalue weighted by atomic mass is 19.3. The number of imide groups is 1. The minimum absolute atomic E-state index is 0.141. The van der Waals surface area contributed by atoms with Gasteiger partial charge in [0.2, 0.25) is 5.92 Å². The first-order valence-corrected chi connectivity index (χ1v) is 9.96. The molecule has 1 saturated heterocycles. The smallest absolute Gasteiger partial charge is 0.325 e. The van der Waals surface area contributed by atoms with Crippen LogP contribution in [0.5, 0.6) is 5.75 Å². The predicted molar refractivity (Wildman–Crippen MR) is 106 cm³/mol. The molecule has 2 fully saturated rings. The number of halogens is 2. The Morgan fingerprint density at radius 2 is 1.77 bits per heavy atom. The molecule has 1 aromatic carbocycles. The number of nitrogens with zero attached hydrogens (tertiary/aromatic N) is 2. The molecule has 0 radical (unpaired) electrons. The molecule has 0 bridgehead atoms. The standard InChI is InChI=1S/C22H21F2N3O4/c23-22(24)10-8-21(9-11-22)19(29)27(20(30)26-21)13-18(28)15-4-6-17(7-5-15)31-14-16-3-1-2-12-25-16/h1-7,12H,8-11,13-14H2,(H,26,30). The molecule has 31 heavy (non-hydrogen) atoms. The number of carbonyl (C=O) groups is 3. The van der Waals surface area contributed by atoms with Crippen molar-refractivity contribution < 1.29 is 27.9 Å². The molecular weight excluding hydrogens is 408 g/mol. The summed E-state index contributed by atoms with van der Waals surface area (Å²) in [6.45, 7) is -0.172. The maximum atomic E-state index is 13.5. The van der Waals surface area contributed by atoms with Gasteiger partial charge in [-0.3, -0.25) is 19.5 Å². The second-order valence-corrected chi connectivity index (χ2v) is 7.82. The summed E-state index contributed by atoms with van der Waals surface area (Å²) in [7, 11) is 0. The van der Waals surface area contributed by atoms with E-state index in [9.17, 15) is 23.2 Å². The van der Waals surface area contributed by atoms with Gasteiger partial charge in [0.1, 0.15) is 17.9 Å². The zero-order chi connectivity index (χ0) is 22.1. The molecule has 1 aromatic heterocycles. The molecule has 0 atom stereocenters. The van der Waals surface area contributed by atoms with Crippen LogP contribution in [0.3, 0.4) is 0 Å². The van der Waals surface area contributed by atoms with Crippen molar-refractivity contribution in [2.45, 2.75) is 43.8 Å². The molecule has 1 spiro atoms. The zero-order valence-corrected chi connectivity index (χ0v) is 16.6. The molecule has 2 heterocycles. The van der Waals surface area contributed by atoms with E-state index in [1.165, 1.54) is 0 Å². The number of hydrogen-bond acceptors (Lipinski definition) is 5. The normalized spacial score (nSPS) is 19.4. The number of rotatable bonds is 6. The van der Waals surface area contributed by atoms with Crippen LogP contribution in [-0.4, -0.2) is 45.6 Å². The predicted octanol–water partition coefficient (Wildman–Crippen LogP) is 3.34. The van der Waals surface area contributed by atoms with E-state index in [2.05, 4.69) is 10.3 Å². The van der Waals surface area contributed by atoms with Crippen LogP contribution in [0.25, 0.3) is 0 Å². The number of urea groups is 1. The van der Waals surface area contributed by atoms with E-state index in [0.29, 0.717) is 11.3 Å². The Morgan fingerprint density at radius 3 is 2.42 bits per heavy atom. The minimum atomic E-state index is -2.83. The Bertz CT molecular complexity index is 986. The number of alkyl halides is 2. The monoisotopic (exact) mass is 429 g/mol. The molecule has 9 heteroatoms. The lowest BCUT2D eigenvalue weighted by atomic mass is 9.80. The number of nitrogens with one attached hydrogen (secondary N) is 1. The van der Waals surface area contributed by atoms with Crippen LogP contribution in [0.15, 0.2) is 48.7 Å². The molecule has 1 N–H and O–H groups in total. The Labute approximate surface area is 177 Å². The van der Waals surface area contributed by atoms with Crippen LogP contribution >= 0.6 is 0 Å². The van der Waals surface area contributed by atoms with Gasteiger partial charge in [0.15, 0.2) is 5.78 Å². The number of pyridine rings is 1. The molecule has 162 valence electrons. The number of ether oxygens (including phenoxy) is 1. The van der Waals surface area contributed by atoms with Gasteiger partial charge in [0.05, 0.1) is 12.2 Å². The van der Waals surface area contributed by atoms with Gasteiger partial charge in [-0.15, -0.1) is 0 Å². The lowest BCUT2D eigenvalue weighted by Crippen LogP contribution is -2.51. The van der Waals surface area contributed by atoms with Crippen LogP contribution in [0.2, 0.25) is 0 Å². The van der Waals surface area contributed by atoms with Crippen LogP contribution < -0.4 is 10.1 Å². The van der Waals surface area contributed by atoms with E-state index >= 15 is 0 Å². The molecule has 0 unspecified atom stereocenters. The summed E-state index contributed by atoms with van der Waals surface area (Å²) < 4.78 is 32.6. The quantitative estimate of drug-likeness (QED) is 0.562. The lowest BCUT2D eigenvalue weighted by molar-refractivity contribution is -0.135. The fourth-order valence-electron chi connectivity index (χ4n) is 3.81. The van der Waals surface area contributed by atoms with Crippen LogP contribution in [0, 0.1) is 0 Å². The van der Waals surface area contributed by atoms with Gasteiger partial charge < -0.3 is 10.1 Å². The van der Waals surface area contributed by atoms with Crippen molar-refractivity contribution in [1.29, 1.82) is 0 Å². The van der Waals surface area contributed by atoms with E-state index in [1.54, 1.807) is 36.5 Å². The Kier molecular flexibility index (Phi) is 5.43. The number of carbonyl (C=O) groups excluding carboxylic acids is 3. The summed E-state index contributed by atoms with van der Waals surface area (Å²) in [5.74, 6) is -3.34. The van der Waals surface area contributed by atoms with Crippen molar-refractivity contribution in [2.75, 3.05) is 6.54 Å². The van der Waals surface area contributed by atoms with Crippen LogP contribution in [-0.2, 0) is 11.4 Å². The van der Waals surface area contributed by atoms with E-state index in [0.717, 1.165) is 10.6 Å².